The lowest BCUT2D eigenvalue weighted by molar-refractivity contribution is -0.122. The van der Waals surface area contributed by atoms with Crippen molar-refractivity contribution in [2.45, 2.75) is 44.9 Å². The largest absolute Gasteiger partial charge is 0.478 e. The number of carbonyl (C=O) groups excluding carboxylic acids is 2. The summed E-state index contributed by atoms with van der Waals surface area (Å²) in [5, 5.41) is 6.10. The first-order chi connectivity index (χ1) is 18.5. The molecule has 2 aliphatic heterocycles. The minimum Gasteiger partial charge on any atom is -0.478 e. The zero-order valence-electron chi connectivity index (χ0n) is 21.8. The fraction of sp³-hybridized carbons (Fsp3) is 0.355. The number of hydrogen-bond donors (Lipinski definition) is 2. The molecule has 0 aromatic heterocycles. The molecule has 38 heavy (non-hydrogen) atoms. The molecular weight excluding hydrogens is 476 g/mol. The van der Waals surface area contributed by atoms with E-state index < -0.39 is 6.10 Å². The number of benzene rings is 3. The fourth-order valence-corrected chi connectivity index (χ4v) is 5.23. The Balaban J connectivity index is 1.12. The van der Waals surface area contributed by atoms with E-state index in [1.165, 1.54) is 11.1 Å². The Morgan fingerprint density at radius 1 is 0.974 bits per heavy atom. The van der Waals surface area contributed by atoms with Gasteiger partial charge in [-0.05, 0) is 61.2 Å². The summed E-state index contributed by atoms with van der Waals surface area (Å²) in [6.45, 7) is 6.33. The van der Waals surface area contributed by atoms with Gasteiger partial charge in [-0.25, -0.2) is 0 Å². The standard InChI is InChI=1S/C31H34N4O3/c1-21-30(36)33-28-19-23(18-25(29(28)38-21)17-22-5-3-2-4-6-22)20-34-13-15-35(16-14-34)27-11-7-24(8-12-27)31(37)32-26-9-10-26/h2-8,11-12,18-19,21,26H,9-10,13-17,20H2,1H3,(H,32,37)(H,33,36). The Labute approximate surface area is 223 Å². The van der Waals surface area contributed by atoms with Crippen LogP contribution in [0.5, 0.6) is 5.75 Å². The van der Waals surface area contributed by atoms with E-state index in [9.17, 15) is 9.59 Å². The molecule has 7 nitrogen and oxygen atoms in total. The lowest BCUT2D eigenvalue weighted by Crippen LogP contribution is -2.46. The summed E-state index contributed by atoms with van der Waals surface area (Å²) in [5.41, 5.74) is 6.13. The Morgan fingerprint density at radius 3 is 2.42 bits per heavy atom. The van der Waals surface area contributed by atoms with E-state index in [4.69, 9.17) is 4.74 Å². The predicted molar refractivity (Wildman–Crippen MR) is 149 cm³/mol. The van der Waals surface area contributed by atoms with Crippen molar-refractivity contribution in [1.82, 2.24) is 10.2 Å². The molecule has 2 heterocycles. The van der Waals surface area contributed by atoms with Crippen molar-refractivity contribution in [3.05, 3.63) is 89.0 Å². The normalized spacial score (nSPS) is 19.3. The zero-order valence-corrected chi connectivity index (χ0v) is 21.8. The first-order valence-electron chi connectivity index (χ1n) is 13.6. The van der Waals surface area contributed by atoms with Gasteiger partial charge in [0.1, 0.15) is 5.75 Å². The summed E-state index contributed by atoms with van der Waals surface area (Å²) in [6.07, 6.45) is 2.44. The van der Waals surface area contributed by atoms with Crippen molar-refractivity contribution in [2.24, 2.45) is 0 Å². The molecule has 1 saturated carbocycles. The summed E-state index contributed by atoms with van der Waals surface area (Å²) >= 11 is 0. The van der Waals surface area contributed by atoms with Gasteiger partial charge in [0.25, 0.3) is 11.8 Å². The van der Waals surface area contributed by atoms with Gasteiger partial charge in [-0.1, -0.05) is 36.4 Å². The number of nitrogens with zero attached hydrogens (tertiary/aromatic N) is 2. The van der Waals surface area contributed by atoms with Crippen molar-refractivity contribution < 1.29 is 14.3 Å². The van der Waals surface area contributed by atoms with Gasteiger partial charge in [0, 0.05) is 62.0 Å². The highest BCUT2D eigenvalue weighted by Gasteiger charge is 2.27. The number of amides is 2. The van der Waals surface area contributed by atoms with Crippen LogP contribution in [0.1, 0.15) is 46.8 Å². The quantitative estimate of drug-likeness (QED) is 0.498. The summed E-state index contributed by atoms with van der Waals surface area (Å²) in [6, 6.07) is 23.0. The number of rotatable bonds is 7. The molecule has 1 saturated heterocycles. The Kier molecular flexibility index (Phi) is 6.77. The Bertz CT molecular complexity index is 1310. The van der Waals surface area contributed by atoms with Crippen LogP contribution in [0, 0.1) is 0 Å². The molecular formula is C31H34N4O3. The third-order valence-electron chi connectivity index (χ3n) is 7.57. The van der Waals surface area contributed by atoms with E-state index in [1.54, 1.807) is 6.92 Å². The SMILES string of the molecule is CC1Oc2c(Cc3ccccc3)cc(CN3CCN(c4ccc(C(=O)NC5CC5)cc4)CC3)cc2NC1=O. The highest BCUT2D eigenvalue weighted by Crippen LogP contribution is 2.36. The minimum atomic E-state index is -0.502. The highest BCUT2D eigenvalue weighted by molar-refractivity contribution is 5.98. The summed E-state index contributed by atoms with van der Waals surface area (Å²) in [7, 11) is 0. The number of anilines is 2. The number of piperazine rings is 1. The van der Waals surface area contributed by atoms with E-state index in [2.05, 4.69) is 56.8 Å². The van der Waals surface area contributed by atoms with Gasteiger partial charge in [-0.3, -0.25) is 14.5 Å². The first-order valence-corrected chi connectivity index (χ1v) is 13.6. The van der Waals surface area contributed by atoms with E-state index in [-0.39, 0.29) is 11.8 Å². The van der Waals surface area contributed by atoms with Crippen LogP contribution in [0.3, 0.4) is 0 Å². The van der Waals surface area contributed by atoms with Gasteiger partial charge in [-0.2, -0.15) is 0 Å². The molecule has 3 aromatic carbocycles. The number of nitrogens with one attached hydrogen (secondary N) is 2. The van der Waals surface area contributed by atoms with Gasteiger partial charge >= 0.3 is 0 Å². The molecule has 0 radical (unpaired) electrons. The molecule has 1 atom stereocenters. The maximum atomic E-state index is 12.3. The van der Waals surface area contributed by atoms with Gasteiger partial charge < -0.3 is 20.3 Å². The number of ether oxygens (including phenoxy) is 1. The molecule has 0 spiro atoms. The second-order valence-electron chi connectivity index (χ2n) is 10.6. The first kappa shape index (κ1) is 24.5. The second-order valence-corrected chi connectivity index (χ2v) is 10.6. The smallest absolute Gasteiger partial charge is 0.265 e. The molecule has 3 aliphatic rings. The molecule has 0 bridgehead atoms. The molecule has 1 aliphatic carbocycles. The monoisotopic (exact) mass is 510 g/mol. The van der Waals surface area contributed by atoms with Crippen LogP contribution < -0.4 is 20.3 Å². The van der Waals surface area contributed by atoms with E-state index in [1.807, 2.05) is 30.3 Å². The van der Waals surface area contributed by atoms with Crippen molar-refractivity contribution in [2.75, 3.05) is 36.4 Å². The van der Waals surface area contributed by atoms with Crippen LogP contribution in [0.15, 0.2) is 66.7 Å². The summed E-state index contributed by atoms with van der Waals surface area (Å²) < 4.78 is 6.04. The molecule has 1 unspecified atom stereocenters. The average Bonchev–Trinajstić information content (AvgIpc) is 3.75. The minimum absolute atomic E-state index is 0.0246. The number of hydrogen-bond acceptors (Lipinski definition) is 5. The third-order valence-corrected chi connectivity index (χ3v) is 7.57. The summed E-state index contributed by atoms with van der Waals surface area (Å²) in [4.78, 5) is 29.5. The highest BCUT2D eigenvalue weighted by atomic mass is 16.5. The van der Waals surface area contributed by atoms with Crippen molar-refractivity contribution in [3.8, 4) is 5.75 Å². The Hall–Kier alpha value is -3.84. The van der Waals surface area contributed by atoms with E-state index in [0.29, 0.717) is 6.04 Å². The van der Waals surface area contributed by atoms with Gasteiger partial charge in [0.2, 0.25) is 0 Å². The molecule has 6 rings (SSSR count). The molecule has 7 heteroatoms. The van der Waals surface area contributed by atoms with Crippen LogP contribution in [0.2, 0.25) is 0 Å². The van der Waals surface area contributed by atoms with Crippen LogP contribution in [0.25, 0.3) is 0 Å². The van der Waals surface area contributed by atoms with Gasteiger partial charge in [-0.15, -0.1) is 0 Å². The van der Waals surface area contributed by atoms with Gasteiger partial charge in [0.15, 0.2) is 6.10 Å². The number of fused-ring (bicyclic) bond motifs is 1. The molecule has 196 valence electrons. The predicted octanol–water partition coefficient (Wildman–Crippen LogP) is 4.21. The topological polar surface area (TPSA) is 73.9 Å². The second kappa shape index (κ2) is 10.5. The summed E-state index contributed by atoms with van der Waals surface area (Å²) in [5.74, 6) is 0.699. The maximum absolute atomic E-state index is 12.3. The lowest BCUT2D eigenvalue weighted by Gasteiger charge is -2.36. The molecule has 3 aromatic rings. The molecule has 2 amide bonds. The Morgan fingerprint density at radius 2 is 1.71 bits per heavy atom. The molecule has 2 N–H and O–H groups in total. The lowest BCUT2D eigenvalue weighted by atomic mass is 9.99. The van der Waals surface area contributed by atoms with Crippen molar-refractivity contribution in [3.63, 3.8) is 0 Å². The maximum Gasteiger partial charge on any atom is 0.265 e. The fourth-order valence-electron chi connectivity index (χ4n) is 5.23. The van der Waals surface area contributed by atoms with Crippen LogP contribution in [-0.4, -0.2) is 55.0 Å². The van der Waals surface area contributed by atoms with E-state index in [0.717, 1.165) is 80.2 Å². The van der Waals surface area contributed by atoms with Crippen molar-refractivity contribution >= 4 is 23.2 Å². The zero-order chi connectivity index (χ0) is 26.1. The van der Waals surface area contributed by atoms with Crippen molar-refractivity contribution in [1.29, 1.82) is 0 Å². The molecule has 2 fully saturated rings. The number of carbonyl (C=O) groups is 2. The third kappa shape index (κ3) is 5.53. The van der Waals surface area contributed by atoms with E-state index >= 15 is 0 Å². The van der Waals surface area contributed by atoms with Gasteiger partial charge in [0.05, 0.1) is 5.69 Å². The average molecular weight is 511 g/mol. The van der Waals surface area contributed by atoms with Crippen LogP contribution in [0.4, 0.5) is 11.4 Å². The van der Waals surface area contributed by atoms with Crippen LogP contribution >= 0.6 is 0 Å². The van der Waals surface area contributed by atoms with Crippen LogP contribution in [-0.2, 0) is 17.8 Å².